The molecule has 2 rings (SSSR count). The number of rotatable bonds is 10. The largest absolute Gasteiger partial charge is 0.496 e. The van der Waals surface area contributed by atoms with E-state index in [1.165, 1.54) is 22.3 Å². The average molecular weight is 393 g/mol. The van der Waals surface area contributed by atoms with Crippen molar-refractivity contribution in [2.45, 2.75) is 52.5 Å². The Labute approximate surface area is 177 Å². The van der Waals surface area contributed by atoms with Gasteiger partial charge in [-0.3, -0.25) is 0 Å². The maximum Gasteiger partial charge on any atom is 0.260 e. The van der Waals surface area contributed by atoms with E-state index in [4.69, 9.17) is 11.3 Å². The Balaban J connectivity index is 1.95. The second kappa shape index (κ2) is 10.5. The van der Waals surface area contributed by atoms with Crippen LogP contribution in [0.25, 0.3) is 4.85 Å². The fraction of sp³-hybridized carbons (Fsp3) is 0.500. The Morgan fingerprint density at radius 1 is 1.07 bits per heavy atom. The van der Waals surface area contributed by atoms with Gasteiger partial charge in [-0.15, -0.1) is 0 Å². The monoisotopic (exact) mass is 392 g/mol. The first kappa shape index (κ1) is 23.0. The summed E-state index contributed by atoms with van der Waals surface area (Å²) in [7, 11) is 3.89. The molecule has 0 aromatic heterocycles. The Bertz CT molecular complexity index is 837. The van der Waals surface area contributed by atoms with E-state index in [0.29, 0.717) is 0 Å². The molecule has 0 aliphatic heterocycles. The number of likely N-dealkylation sites (N-methyl/N-ethyl adjacent to an activating group) is 1. The van der Waals surface area contributed by atoms with Crippen LogP contribution in [0.5, 0.6) is 5.75 Å². The smallest absolute Gasteiger partial charge is 0.260 e. The fourth-order valence-corrected chi connectivity index (χ4v) is 4.18. The first-order valence-corrected chi connectivity index (χ1v) is 10.6. The van der Waals surface area contributed by atoms with Gasteiger partial charge in [0.2, 0.25) is 0 Å². The van der Waals surface area contributed by atoms with Crippen LogP contribution < -0.4 is 4.74 Å². The lowest BCUT2D eigenvalue weighted by Gasteiger charge is -2.28. The molecule has 0 fully saturated rings. The zero-order chi connectivity index (χ0) is 21.4. The van der Waals surface area contributed by atoms with Crippen molar-refractivity contribution in [2.75, 3.05) is 27.2 Å². The van der Waals surface area contributed by atoms with Gasteiger partial charge in [0.15, 0.2) is 0 Å². The van der Waals surface area contributed by atoms with E-state index in [2.05, 4.69) is 87.0 Å². The minimum atomic E-state index is -0.431. The van der Waals surface area contributed by atoms with Crippen molar-refractivity contribution in [2.24, 2.45) is 5.92 Å². The Kier molecular flexibility index (Phi) is 8.29. The molecule has 0 heterocycles. The highest BCUT2D eigenvalue weighted by Gasteiger charge is 2.42. The summed E-state index contributed by atoms with van der Waals surface area (Å²) in [6, 6.07) is 14.8. The Morgan fingerprint density at radius 3 is 2.38 bits per heavy atom. The van der Waals surface area contributed by atoms with Crippen LogP contribution in [0.1, 0.15) is 48.9 Å². The van der Waals surface area contributed by atoms with E-state index >= 15 is 0 Å². The molecule has 156 valence electrons. The molecule has 0 aliphatic carbocycles. The van der Waals surface area contributed by atoms with Gasteiger partial charge >= 0.3 is 0 Å². The molecular formula is C26H36N2O. The normalized spacial score (nSPS) is 13.3. The number of hydrogen-bond acceptors (Lipinski definition) is 2. The molecule has 1 atom stereocenters. The first-order valence-electron chi connectivity index (χ1n) is 10.6. The van der Waals surface area contributed by atoms with Gasteiger partial charge < -0.3 is 14.5 Å². The van der Waals surface area contributed by atoms with Gasteiger partial charge in [0.1, 0.15) is 5.75 Å². The predicted molar refractivity (Wildman–Crippen MR) is 122 cm³/mol. The third-order valence-corrected chi connectivity index (χ3v) is 6.11. The minimum Gasteiger partial charge on any atom is -0.496 e. The number of hydrogen-bond donors (Lipinski definition) is 0. The SMILES string of the molecule is [C-]#[N+]C(CCCN(C)CCc1ccc(OC)c(C)c1)(c1ccccc1C)C(C)C. The number of aryl methyl sites for hydroxylation is 2. The van der Waals surface area contributed by atoms with Gasteiger partial charge in [-0.1, -0.05) is 50.2 Å². The summed E-state index contributed by atoms with van der Waals surface area (Å²) in [5.41, 5.74) is 4.51. The van der Waals surface area contributed by atoms with Gasteiger partial charge in [-0.05, 0) is 63.0 Å². The number of nitrogens with zero attached hydrogens (tertiary/aromatic N) is 2. The number of ether oxygens (including phenoxy) is 1. The minimum absolute atomic E-state index is 0.286. The second-order valence-corrected chi connectivity index (χ2v) is 8.47. The maximum absolute atomic E-state index is 8.01. The molecule has 0 N–H and O–H groups in total. The van der Waals surface area contributed by atoms with E-state index in [9.17, 15) is 0 Å². The van der Waals surface area contributed by atoms with Gasteiger partial charge in [0.05, 0.1) is 7.11 Å². The molecule has 0 bridgehead atoms. The summed E-state index contributed by atoms with van der Waals surface area (Å²) in [5, 5.41) is 0. The third kappa shape index (κ3) is 5.61. The molecule has 0 spiro atoms. The average Bonchev–Trinajstić information content (AvgIpc) is 2.70. The van der Waals surface area contributed by atoms with Crippen LogP contribution in [0.3, 0.4) is 0 Å². The van der Waals surface area contributed by atoms with Crippen molar-refractivity contribution >= 4 is 0 Å². The molecule has 0 saturated carbocycles. The molecule has 1 unspecified atom stereocenters. The van der Waals surface area contributed by atoms with Crippen molar-refractivity contribution in [3.63, 3.8) is 0 Å². The van der Waals surface area contributed by atoms with Gasteiger partial charge in [0, 0.05) is 24.4 Å². The van der Waals surface area contributed by atoms with Crippen molar-refractivity contribution in [1.82, 2.24) is 4.90 Å². The molecule has 0 aliphatic rings. The molecule has 29 heavy (non-hydrogen) atoms. The lowest BCUT2D eigenvalue weighted by Crippen LogP contribution is -2.31. The summed E-state index contributed by atoms with van der Waals surface area (Å²) in [6.07, 6.45) is 2.94. The van der Waals surface area contributed by atoms with Crippen LogP contribution in [0.4, 0.5) is 0 Å². The fourth-order valence-electron chi connectivity index (χ4n) is 4.18. The molecule has 0 radical (unpaired) electrons. The quantitative estimate of drug-likeness (QED) is 0.459. The molecule has 3 heteroatoms. The molecule has 0 saturated heterocycles. The highest BCUT2D eigenvalue weighted by Crippen LogP contribution is 2.40. The molecule has 2 aromatic rings. The summed E-state index contributed by atoms with van der Waals surface area (Å²) < 4.78 is 5.35. The van der Waals surface area contributed by atoms with Crippen molar-refractivity contribution < 1.29 is 4.74 Å². The zero-order valence-corrected chi connectivity index (χ0v) is 19.0. The summed E-state index contributed by atoms with van der Waals surface area (Å²) in [5.74, 6) is 1.23. The molecule has 3 nitrogen and oxygen atoms in total. The maximum atomic E-state index is 8.01. The lowest BCUT2D eigenvalue weighted by molar-refractivity contribution is 0.288. The molecular weight excluding hydrogens is 356 g/mol. The summed E-state index contributed by atoms with van der Waals surface area (Å²) in [6.45, 7) is 18.6. The van der Waals surface area contributed by atoms with Crippen molar-refractivity contribution in [3.05, 3.63) is 76.1 Å². The standard InChI is InChI=1S/C26H36N2O/c1-20(2)26(27-5,24-12-9-8-11-21(24)3)16-10-17-28(6)18-15-23-13-14-25(29-7)22(4)19-23/h8-9,11-14,19-20H,10,15-18H2,1-4,6-7H3. The number of methoxy groups -OCH3 is 1. The topological polar surface area (TPSA) is 16.8 Å². The van der Waals surface area contributed by atoms with Gasteiger partial charge in [-0.25, -0.2) is 6.57 Å². The van der Waals surface area contributed by atoms with Crippen molar-refractivity contribution in [1.29, 1.82) is 0 Å². The zero-order valence-electron chi connectivity index (χ0n) is 19.0. The lowest BCUT2D eigenvalue weighted by atomic mass is 9.75. The third-order valence-electron chi connectivity index (χ3n) is 6.11. The van der Waals surface area contributed by atoms with Crippen LogP contribution >= 0.6 is 0 Å². The van der Waals surface area contributed by atoms with E-state index in [1.807, 2.05) is 0 Å². The van der Waals surface area contributed by atoms with E-state index < -0.39 is 5.54 Å². The molecule has 0 amide bonds. The summed E-state index contributed by atoms with van der Waals surface area (Å²) in [4.78, 5) is 6.57. The van der Waals surface area contributed by atoms with E-state index in [-0.39, 0.29) is 5.92 Å². The molecule has 2 aromatic carbocycles. The second-order valence-electron chi connectivity index (χ2n) is 8.47. The van der Waals surface area contributed by atoms with Crippen LogP contribution in [-0.4, -0.2) is 32.1 Å². The van der Waals surface area contributed by atoms with Gasteiger partial charge in [0.25, 0.3) is 5.54 Å². The Morgan fingerprint density at radius 2 is 1.79 bits per heavy atom. The summed E-state index contributed by atoms with van der Waals surface area (Å²) >= 11 is 0. The first-order chi connectivity index (χ1) is 13.8. The van der Waals surface area contributed by atoms with E-state index in [1.54, 1.807) is 7.11 Å². The van der Waals surface area contributed by atoms with Crippen LogP contribution in [0.15, 0.2) is 42.5 Å². The van der Waals surface area contributed by atoms with Gasteiger partial charge in [-0.2, -0.15) is 0 Å². The number of benzene rings is 2. The van der Waals surface area contributed by atoms with Crippen LogP contribution in [0, 0.1) is 26.3 Å². The highest BCUT2D eigenvalue weighted by molar-refractivity contribution is 5.37. The Hall–Kier alpha value is -2.31. The van der Waals surface area contributed by atoms with Crippen LogP contribution in [-0.2, 0) is 12.0 Å². The van der Waals surface area contributed by atoms with Crippen LogP contribution in [0.2, 0.25) is 0 Å². The van der Waals surface area contributed by atoms with E-state index in [0.717, 1.165) is 38.1 Å². The highest BCUT2D eigenvalue weighted by atomic mass is 16.5. The predicted octanol–water partition coefficient (Wildman–Crippen LogP) is 6.04. The van der Waals surface area contributed by atoms with Crippen molar-refractivity contribution in [3.8, 4) is 5.75 Å².